The van der Waals surface area contributed by atoms with Crippen molar-refractivity contribution in [2.45, 2.75) is 163 Å². The SMILES string of the molecule is CCCCCCCCc1ccc(C(=O)NNC(=O)C(CC)(CCCCCCC)C(=O)NNC(=O)c2ccc(CCCCCCCC)cc2O)c(O)c1. The van der Waals surface area contributed by atoms with E-state index < -0.39 is 29.0 Å². The quantitative estimate of drug-likeness (QED) is 0.0342. The second-order valence-corrected chi connectivity index (χ2v) is 14.2. The molecule has 6 N–H and O–H groups in total. The molecular formula is C42H66N4O6. The molecule has 2 aromatic carbocycles. The van der Waals surface area contributed by atoms with Gasteiger partial charge >= 0.3 is 0 Å². The minimum Gasteiger partial charge on any atom is -0.507 e. The number of rotatable bonds is 25. The second-order valence-electron chi connectivity index (χ2n) is 14.2. The summed E-state index contributed by atoms with van der Waals surface area (Å²) in [5, 5.41) is 21.2. The van der Waals surface area contributed by atoms with Crippen LogP contribution in [0.25, 0.3) is 0 Å². The van der Waals surface area contributed by atoms with Gasteiger partial charge in [-0.25, -0.2) is 0 Å². The Morgan fingerprint density at radius 2 is 0.865 bits per heavy atom. The van der Waals surface area contributed by atoms with Crippen molar-refractivity contribution in [1.29, 1.82) is 0 Å². The van der Waals surface area contributed by atoms with Crippen molar-refractivity contribution in [2.75, 3.05) is 0 Å². The highest BCUT2D eigenvalue weighted by molar-refractivity contribution is 6.07. The minimum atomic E-state index is -1.61. The standard InChI is InChI=1S/C42H66N4O6/c1-5-9-12-15-17-20-23-32-25-27-34(36(47)30-32)38(49)43-45-40(51)42(8-4,29-22-19-14-11-7-3)41(52)46-44-39(50)35-28-26-33(31-37(35)48)24-21-18-16-13-10-6-2/h25-28,30-31,47-48H,5-24,29H2,1-4H3,(H,43,49)(H,44,50)(H,45,51)(H,46,52). The van der Waals surface area contributed by atoms with Crippen LogP contribution in [-0.4, -0.2) is 33.8 Å². The molecule has 0 radical (unpaired) electrons. The van der Waals surface area contributed by atoms with Gasteiger partial charge in [-0.1, -0.05) is 136 Å². The third-order valence-corrected chi connectivity index (χ3v) is 10.0. The predicted molar refractivity (Wildman–Crippen MR) is 208 cm³/mol. The maximum atomic E-state index is 13.7. The summed E-state index contributed by atoms with van der Waals surface area (Å²) >= 11 is 0. The van der Waals surface area contributed by atoms with Crippen molar-refractivity contribution in [3.05, 3.63) is 58.7 Å². The molecule has 10 nitrogen and oxygen atoms in total. The third-order valence-electron chi connectivity index (χ3n) is 10.0. The Balaban J connectivity index is 2.05. The lowest BCUT2D eigenvalue weighted by molar-refractivity contribution is -0.145. The molecule has 0 saturated carbocycles. The number of unbranched alkanes of at least 4 members (excludes halogenated alkanes) is 14. The first-order valence-corrected chi connectivity index (χ1v) is 20.0. The zero-order valence-electron chi connectivity index (χ0n) is 32.3. The van der Waals surface area contributed by atoms with Gasteiger partial charge in [0.2, 0.25) is 0 Å². The molecule has 0 spiro atoms. The van der Waals surface area contributed by atoms with E-state index in [0.29, 0.717) is 6.42 Å². The zero-order chi connectivity index (χ0) is 38.2. The number of aromatic hydroxyl groups is 2. The van der Waals surface area contributed by atoms with Crippen molar-refractivity contribution in [3.63, 3.8) is 0 Å². The molecule has 0 aliphatic rings. The number of aryl methyl sites for hydroxylation is 2. The van der Waals surface area contributed by atoms with Crippen molar-refractivity contribution >= 4 is 23.6 Å². The number of carbonyl (C=O) groups excluding carboxylic acids is 4. The van der Waals surface area contributed by atoms with E-state index in [4.69, 9.17) is 0 Å². The maximum absolute atomic E-state index is 13.7. The Labute approximate surface area is 312 Å². The Bertz CT molecular complexity index is 1300. The highest BCUT2D eigenvalue weighted by Gasteiger charge is 2.44. The monoisotopic (exact) mass is 722 g/mol. The van der Waals surface area contributed by atoms with Gasteiger partial charge in [0.15, 0.2) is 0 Å². The molecule has 2 aromatic rings. The lowest BCUT2D eigenvalue weighted by Gasteiger charge is -2.30. The summed E-state index contributed by atoms with van der Waals surface area (Å²) in [6.45, 7) is 8.18. The Kier molecular flexibility index (Phi) is 21.2. The van der Waals surface area contributed by atoms with Crippen LogP contribution in [0.3, 0.4) is 0 Å². The molecule has 0 unspecified atom stereocenters. The number of carbonyl (C=O) groups is 4. The van der Waals surface area contributed by atoms with Gasteiger partial charge in [0, 0.05) is 0 Å². The summed E-state index contributed by atoms with van der Waals surface area (Å²) in [5.74, 6) is -3.26. The van der Waals surface area contributed by atoms with Crippen LogP contribution in [0.15, 0.2) is 36.4 Å². The molecule has 52 heavy (non-hydrogen) atoms. The molecule has 0 atom stereocenters. The number of hydrogen-bond donors (Lipinski definition) is 6. The van der Waals surface area contributed by atoms with E-state index in [1.807, 2.05) is 0 Å². The van der Waals surface area contributed by atoms with E-state index in [1.54, 1.807) is 31.2 Å². The number of phenolic OH excluding ortho intramolecular Hbond substituents is 2. The van der Waals surface area contributed by atoms with Crippen LogP contribution in [0, 0.1) is 5.41 Å². The fraction of sp³-hybridized carbons (Fsp3) is 0.619. The third kappa shape index (κ3) is 14.9. The summed E-state index contributed by atoms with van der Waals surface area (Å²) in [5.41, 5.74) is 9.80. The van der Waals surface area contributed by atoms with Crippen molar-refractivity contribution in [1.82, 2.24) is 21.7 Å². The largest absolute Gasteiger partial charge is 0.507 e. The van der Waals surface area contributed by atoms with E-state index in [-0.39, 0.29) is 35.5 Å². The average Bonchev–Trinajstić information content (AvgIpc) is 3.14. The van der Waals surface area contributed by atoms with E-state index >= 15 is 0 Å². The molecule has 0 aliphatic heterocycles. The van der Waals surface area contributed by atoms with Gasteiger partial charge in [0.05, 0.1) is 11.1 Å². The molecule has 10 heteroatoms. The van der Waals surface area contributed by atoms with Gasteiger partial charge in [0.1, 0.15) is 16.9 Å². The number of amides is 4. The van der Waals surface area contributed by atoms with Gasteiger partial charge in [-0.3, -0.25) is 40.9 Å². The molecular weight excluding hydrogens is 656 g/mol. The number of nitrogens with one attached hydrogen (secondary N) is 4. The van der Waals surface area contributed by atoms with Crippen molar-refractivity contribution in [3.8, 4) is 11.5 Å². The van der Waals surface area contributed by atoms with Gasteiger partial charge in [-0.2, -0.15) is 0 Å². The molecule has 2 rings (SSSR count). The van der Waals surface area contributed by atoms with E-state index in [9.17, 15) is 29.4 Å². The van der Waals surface area contributed by atoms with Crippen LogP contribution in [-0.2, 0) is 22.4 Å². The van der Waals surface area contributed by atoms with Crippen molar-refractivity contribution < 1.29 is 29.4 Å². The number of phenols is 2. The molecule has 0 fully saturated rings. The molecule has 0 bridgehead atoms. The van der Waals surface area contributed by atoms with Crippen LogP contribution in [0.2, 0.25) is 0 Å². The summed E-state index contributed by atoms with van der Waals surface area (Å²) in [4.78, 5) is 53.5. The highest BCUT2D eigenvalue weighted by Crippen LogP contribution is 2.31. The summed E-state index contributed by atoms with van der Waals surface area (Å²) in [6.07, 6.45) is 20.2. The van der Waals surface area contributed by atoms with Gasteiger partial charge in [-0.05, 0) is 73.9 Å². The highest BCUT2D eigenvalue weighted by atomic mass is 16.3. The molecule has 4 amide bonds. The van der Waals surface area contributed by atoms with Crippen LogP contribution >= 0.6 is 0 Å². The lowest BCUT2D eigenvalue weighted by Crippen LogP contribution is -2.58. The van der Waals surface area contributed by atoms with Crippen LogP contribution < -0.4 is 21.7 Å². The fourth-order valence-electron chi connectivity index (χ4n) is 6.53. The van der Waals surface area contributed by atoms with Gasteiger partial charge < -0.3 is 10.2 Å². The van der Waals surface area contributed by atoms with Crippen LogP contribution in [0.1, 0.15) is 182 Å². The smallest absolute Gasteiger partial charge is 0.273 e. The molecule has 0 saturated heterocycles. The lowest BCUT2D eigenvalue weighted by atomic mass is 9.78. The molecule has 290 valence electrons. The number of hydrogen-bond acceptors (Lipinski definition) is 6. The van der Waals surface area contributed by atoms with Crippen molar-refractivity contribution in [2.24, 2.45) is 5.41 Å². The van der Waals surface area contributed by atoms with Crippen LogP contribution in [0.5, 0.6) is 11.5 Å². The second kappa shape index (κ2) is 25.0. The fourth-order valence-corrected chi connectivity index (χ4v) is 6.53. The van der Waals surface area contributed by atoms with Gasteiger partial charge in [0.25, 0.3) is 23.6 Å². The number of hydrazine groups is 2. The first-order chi connectivity index (χ1) is 25.1. The molecule has 0 aromatic heterocycles. The topological polar surface area (TPSA) is 157 Å². The first-order valence-electron chi connectivity index (χ1n) is 20.0. The first kappa shape index (κ1) is 44.1. The number of benzene rings is 2. The Morgan fingerprint density at radius 1 is 0.500 bits per heavy atom. The molecule has 0 heterocycles. The van der Waals surface area contributed by atoms with E-state index in [1.165, 1.54) is 63.5 Å². The normalized spacial score (nSPS) is 11.2. The Morgan fingerprint density at radius 3 is 1.23 bits per heavy atom. The average molecular weight is 723 g/mol. The van der Waals surface area contributed by atoms with E-state index in [0.717, 1.165) is 75.3 Å². The summed E-state index contributed by atoms with van der Waals surface area (Å²) in [6, 6.07) is 9.81. The Hall–Kier alpha value is -4.08. The summed E-state index contributed by atoms with van der Waals surface area (Å²) in [7, 11) is 0. The summed E-state index contributed by atoms with van der Waals surface area (Å²) < 4.78 is 0. The zero-order valence-corrected chi connectivity index (χ0v) is 32.3. The van der Waals surface area contributed by atoms with E-state index in [2.05, 4.69) is 42.5 Å². The minimum absolute atomic E-state index is 0.00294. The van der Waals surface area contributed by atoms with Gasteiger partial charge in [-0.15, -0.1) is 0 Å². The molecule has 0 aliphatic carbocycles. The maximum Gasteiger partial charge on any atom is 0.273 e. The van der Waals surface area contributed by atoms with Crippen LogP contribution in [0.4, 0.5) is 0 Å². The predicted octanol–water partition coefficient (Wildman–Crippen LogP) is 8.88.